The third-order valence-electron chi connectivity index (χ3n) is 4.12. The van der Waals surface area contributed by atoms with E-state index >= 15 is 0 Å². The van der Waals surface area contributed by atoms with Gasteiger partial charge in [0.2, 0.25) is 0 Å². The van der Waals surface area contributed by atoms with Crippen molar-refractivity contribution < 1.29 is 22.8 Å². The number of nitro benzene ring substituents is 1. The number of hydrogen-bond acceptors (Lipinski definition) is 5. The maximum absolute atomic E-state index is 14.9. The normalized spacial score (nSPS) is 10.9. The Morgan fingerprint density at radius 2 is 1.76 bits per heavy atom. The number of methoxy groups -OCH3 is 1. The van der Waals surface area contributed by atoms with Crippen LogP contribution in [-0.4, -0.2) is 21.8 Å². The van der Waals surface area contributed by atoms with Gasteiger partial charge in [0.1, 0.15) is 33.8 Å². The summed E-state index contributed by atoms with van der Waals surface area (Å²) in [6, 6.07) is 4.89. The molecule has 0 saturated heterocycles. The van der Waals surface area contributed by atoms with Gasteiger partial charge in [0.15, 0.2) is 11.6 Å². The highest BCUT2D eigenvalue weighted by atomic mass is 35.5. The third kappa shape index (κ3) is 3.58. The summed E-state index contributed by atoms with van der Waals surface area (Å²) < 4.78 is 50.2. The molecule has 11 heteroatoms. The average Bonchev–Trinajstić information content (AvgIpc) is 2.98. The van der Waals surface area contributed by atoms with Crippen molar-refractivity contribution in [3.05, 3.63) is 68.6 Å². The van der Waals surface area contributed by atoms with E-state index in [2.05, 4.69) is 5.10 Å². The lowest BCUT2D eigenvalue weighted by Gasteiger charge is -2.26. The Hall–Kier alpha value is -3.27. The van der Waals surface area contributed by atoms with E-state index in [1.165, 1.54) is 24.9 Å². The van der Waals surface area contributed by atoms with Gasteiger partial charge in [-0.2, -0.15) is 5.10 Å². The molecule has 1 aromatic heterocycles. The monoisotopic (exact) mass is 426 g/mol. The molecule has 0 atom stereocenters. The summed E-state index contributed by atoms with van der Waals surface area (Å²) in [6.07, 6.45) is 0. The molecular weight excluding hydrogens is 413 g/mol. The second kappa shape index (κ2) is 7.63. The zero-order chi connectivity index (χ0) is 21.5. The molecule has 29 heavy (non-hydrogen) atoms. The Balaban J connectivity index is 2.44. The number of halogens is 4. The van der Waals surface area contributed by atoms with Crippen LogP contribution in [0.1, 0.15) is 5.69 Å². The summed E-state index contributed by atoms with van der Waals surface area (Å²) in [6.45, 7) is 1.62. The summed E-state index contributed by atoms with van der Waals surface area (Å²) >= 11 is 6.04. The molecule has 0 bridgehead atoms. The van der Waals surface area contributed by atoms with E-state index in [1.54, 1.807) is 6.92 Å². The standard InChI is InChI=1S/C18H14ClF3N4O3/c1-9-6-15(24(2)23-9)25(17-12(21)7-10(29-3)8-13(17)22)18-14(26(27)28)5-4-11(20)16(18)19/h4-8H,1-3H3. The number of benzene rings is 2. The first-order valence-electron chi connectivity index (χ1n) is 8.12. The lowest BCUT2D eigenvalue weighted by Crippen LogP contribution is -2.19. The summed E-state index contributed by atoms with van der Waals surface area (Å²) in [4.78, 5) is 11.6. The van der Waals surface area contributed by atoms with Crippen molar-refractivity contribution in [3.63, 3.8) is 0 Å². The minimum atomic E-state index is -1.10. The van der Waals surface area contributed by atoms with Gasteiger partial charge >= 0.3 is 0 Å². The second-order valence-corrected chi connectivity index (χ2v) is 6.41. The molecule has 0 aliphatic rings. The van der Waals surface area contributed by atoms with Gasteiger partial charge in [-0.05, 0) is 13.0 Å². The summed E-state index contributed by atoms with van der Waals surface area (Å²) in [5.41, 5.74) is -1.44. The Morgan fingerprint density at radius 3 is 2.24 bits per heavy atom. The molecule has 3 rings (SSSR count). The van der Waals surface area contributed by atoms with Gasteiger partial charge in [0.05, 0.1) is 17.7 Å². The number of hydrogen-bond donors (Lipinski definition) is 0. The van der Waals surface area contributed by atoms with Crippen LogP contribution in [0.25, 0.3) is 0 Å². The van der Waals surface area contributed by atoms with Gasteiger partial charge < -0.3 is 4.74 Å². The van der Waals surface area contributed by atoms with Crippen LogP contribution < -0.4 is 9.64 Å². The molecule has 152 valence electrons. The van der Waals surface area contributed by atoms with Crippen molar-refractivity contribution in [1.29, 1.82) is 0 Å². The lowest BCUT2D eigenvalue weighted by atomic mass is 10.1. The lowest BCUT2D eigenvalue weighted by molar-refractivity contribution is -0.384. The molecule has 7 nitrogen and oxygen atoms in total. The summed E-state index contributed by atoms with van der Waals surface area (Å²) in [7, 11) is 2.69. The first-order chi connectivity index (χ1) is 13.6. The van der Waals surface area contributed by atoms with Crippen LogP contribution in [0.15, 0.2) is 30.3 Å². The molecule has 2 aromatic carbocycles. The maximum Gasteiger partial charge on any atom is 0.295 e. The Bertz CT molecular complexity index is 1100. The van der Waals surface area contributed by atoms with E-state index in [4.69, 9.17) is 16.3 Å². The predicted molar refractivity (Wildman–Crippen MR) is 101 cm³/mol. The molecular formula is C18H14ClF3N4O3. The van der Waals surface area contributed by atoms with Gasteiger partial charge in [-0.1, -0.05) is 11.6 Å². The van der Waals surface area contributed by atoms with Crippen molar-refractivity contribution in [3.8, 4) is 5.75 Å². The van der Waals surface area contributed by atoms with Crippen LogP contribution in [0.5, 0.6) is 5.75 Å². The van der Waals surface area contributed by atoms with Crippen molar-refractivity contribution in [2.45, 2.75) is 6.92 Å². The van der Waals surface area contributed by atoms with Crippen molar-refractivity contribution in [2.24, 2.45) is 7.05 Å². The van der Waals surface area contributed by atoms with Crippen LogP contribution in [0.4, 0.5) is 36.1 Å². The fourth-order valence-electron chi connectivity index (χ4n) is 2.91. The minimum Gasteiger partial charge on any atom is -0.497 e. The molecule has 0 amide bonds. The van der Waals surface area contributed by atoms with Gasteiger partial charge in [-0.25, -0.2) is 13.2 Å². The summed E-state index contributed by atoms with van der Waals surface area (Å²) in [5.74, 6) is -3.28. The van der Waals surface area contributed by atoms with Crippen LogP contribution in [-0.2, 0) is 7.05 Å². The number of aryl methyl sites for hydroxylation is 2. The number of rotatable bonds is 5. The molecule has 0 aliphatic carbocycles. The largest absolute Gasteiger partial charge is 0.497 e. The number of ether oxygens (including phenoxy) is 1. The van der Waals surface area contributed by atoms with Gasteiger partial charge in [-0.3, -0.25) is 19.7 Å². The quantitative estimate of drug-likeness (QED) is 0.415. The SMILES string of the molecule is COc1cc(F)c(N(c2c([N+](=O)[O-])ccc(F)c2Cl)c2cc(C)nn2C)c(F)c1. The molecule has 0 saturated carbocycles. The highest BCUT2D eigenvalue weighted by Crippen LogP contribution is 2.47. The molecule has 1 heterocycles. The summed E-state index contributed by atoms with van der Waals surface area (Å²) in [5, 5.41) is 15.0. The molecule has 0 aliphatic heterocycles. The first kappa shape index (κ1) is 20.5. The number of nitrogens with zero attached hydrogens (tertiary/aromatic N) is 4. The Kier molecular flexibility index (Phi) is 5.38. The van der Waals surface area contributed by atoms with E-state index in [1.807, 2.05) is 0 Å². The molecule has 0 fully saturated rings. The van der Waals surface area contributed by atoms with Gasteiger partial charge in [-0.15, -0.1) is 0 Å². The third-order valence-corrected chi connectivity index (χ3v) is 4.48. The van der Waals surface area contributed by atoms with E-state index in [0.29, 0.717) is 5.69 Å². The highest BCUT2D eigenvalue weighted by molar-refractivity contribution is 6.34. The first-order valence-corrected chi connectivity index (χ1v) is 8.49. The zero-order valence-corrected chi connectivity index (χ0v) is 16.2. The van der Waals surface area contributed by atoms with E-state index in [9.17, 15) is 23.3 Å². The van der Waals surface area contributed by atoms with Crippen LogP contribution in [0.2, 0.25) is 5.02 Å². The van der Waals surface area contributed by atoms with Crippen molar-refractivity contribution in [1.82, 2.24) is 9.78 Å². The van der Waals surface area contributed by atoms with Gasteiger partial charge in [0.25, 0.3) is 5.69 Å². The predicted octanol–water partition coefficient (Wildman–Crippen LogP) is 5.19. The van der Waals surface area contributed by atoms with E-state index < -0.39 is 44.5 Å². The highest BCUT2D eigenvalue weighted by Gasteiger charge is 2.33. The number of aromatic nitrogens is 2. The van der Waals surface area contributed by atoms with E-state index in [0.717, 1.165) is 29.2 Å². The average molecular weight is 427 g/mol. The molecule has 3 aromatic rings. The minimum absolute atomic E-state index is 0.0288. The smallest absolute Gasteiger partial charge is 0.295 e. The number of anilines is 3. The molecule has 0 spiro atoms. The fourth-order valence-corrected chi connectivity index (χ4v) is 3.15. The Labute approximate surface area is 168 Å². The molecule has 0 radical (unpaired) electrons. The van der Waals surface area contributed by atoms with Crippen LogP contribution in [0, 0.1) is 34.5 Å². The maximum atomic E-state index is 14.9. The zero-order valence-electron chi connectivity index (χ0n) is 15.4. The Morgan fingerprint density at radius 1 is 1.14 bits per heavy atom. The molecule has 0 unspecified atom stereocenters. The second-order valence-electron chi connectivity index (χ2n) is 6.03. The molecule has 0 N–H and O–H groups in total. The van der Waals surface area contributed by atoms with E-state index in [-0.39, 0.29) is 11.6 Å². The fraction of sp³-hybridized carbons (Fsp3) is 0.167. The van der Waals surface area contributed by atoms with Crippen molar-refractivity contribution in [2.75, 3.05) is 12.0 Å². The van der Waals surface area contributed by atoms with Crippen molar-refractivity contribution >= 4 is 34.5 Å². The van der Waals surface area contributed by atoms with Gasteiger partial charge in [0, 0.05) is 31.3 Å². The van der Waals surface area contributed by atoms with Crippen LogP contribution in [0.3, 0.4) is 0 Å². The topological polar surface area (TPSA) is 73.4 Å². The van der Waals surface area contributed by atoms with Crippen LogP contribution >= 0.6 is 11.6 Å². The number of nitro groups is 1.